The molecular weight excluding hydrogens is 326 g/mol. The maximum absolute atomic E-state index is 12.5. The van der Waals surface area contributed by atoms with Gasteiger partial charge in [0, 0.05) is 23.9 Å². The monoisotopic (exact) mass is 345 g/mol. The highest BCUT2D eigenvalue weighted by Gasteiger charge is 2.42. The van der Waals surface area contributed by atoms with E-state index >= 15 is 0 Å². The summed E-state index contributed by atoms with van der Waals surface area (Å²) in [6.07, 6.45) is 1.81. The molecule has 8 nitrogen and oxygen atoms in total. The zero-order valence-corrected chi connectivity index (χ0v) is 14.0. The van der Waals surface area contributed by atoms with Crippen molar-refractivity contribution < 1.29 is 19.2 Å². The summed E-state index contributed by atoms with van der Waals surface area (Å²) in [7, 11) is 0. The first-order valence-corrected chi connectivity index (χ1v) is 8.16. The van der Waals surface area contributed by atoms with Crippen LogP contribution in [0.3, 0.4) is 0 Å². The van der Waals surface area contributed by atoms with E-state index in [9.17, 15) is 19.7 Å². The summed E-state index contributed by atoms with van der Waals surface area (Å²) in [4.78, 5) is 36.9. The molecule has 2 amide bonds. The molecule has 25 heavy (non-hydrogen) atoms. The summed E-state index contributed by atoms with van der Waals surface area (Å²) in [5, 5.41) is 13.7. The van der Waals surface area contributed by atoms with Crippen LogP contribution in [0.2, 0.25) is 0 Å². The fourth-order valence-electron chi connectivity index (χ4n) is 3.04. The summed E-state index contributed by atoms with van der Waals surface area (Å²) in [6.45, 7) is 3.68. The average molecular weight is 345 g/mol. The van der Waals surface area contributed by atoms with Crippen LogP contribution in [-0.4, -0.2) is 34.5 Å². The number of nitrogens with one attached hydrogen (secondary N) is 1. The number of nitro benzene ring substituents is 1. The minimum atomic E-state index is -0.692. The van der Waals surface area contributed by atoms with E-state index in [-0.39, 0.29) is 24.4 Å². The van der Waals surface area contributed by atoms with E-state index in [1.54, 1.807) is 30.9 Å². The van der Waals surface area contributed by atoms with E-state index in [4.69, 9.17) is 4.74 Å². The van der Waals surface area contributed by atoms with Crippen LogP contribution in [0.5, 0.6) is 0 Å². The standard InChI is InChI=1S/C17H19N3O5/c1-3-25-16(21)14-10(2)19(12-8-9-12)17(22)18-15(14)11-4-6-13(7-5-11)20(23)24/h4-7,12,15H,3,8-9H2,1-2H3,(H,18,22)/t15-/m0/s1. The SMILES string of the molecule is CCOC(=O)C1=C(C)N(C2CC2)C(=O)N[C@H]1c1ccc([N+](=O)[O-])cc1. The van der Waals surface area contributed by atoms with Gasteiger partial charge in [0.15, 0.2) is 0 Å². The van der Waals surface area contributed by atoms with E-state index in [2.05, 4.69) is 5.32 Å². The number of hydrogen-bond acceptors (Lipinski definition) is 5. The van der Waals surface area contributed by atoms with E-state index in [0.29, 0.717) is 16.8 Å². The fraction of sp³-hybridized carbons (Fsp3) is 0.412. The first-order chi connectivity index (χ1) is 11.9. The van der Waals surface area contributed by atoms with Crippen molar-refractivity contribution in [3.63, 3.8) is 0 Å². The van der Waals surface area contributed by atoms with Crippen molar-refractivity contribution in [3.8, 4) is 0 Å². The third-order valence-electron chi connectivity index (χ3n) is 4.37. The highest BCUT2D eigenvalue weighted by Crippen LogP contribution is 2.38. The number of carbonyl (C=O) groups is 2. The molecule has 0 bridgehead atoms. The van der Waals surface area contributed by atoms with Crippen molar-refractivity contribution in [2.45, 2.75) is 38.8 Å². The van der Waals surface area contributed by atoms with Gasteiger partial charge in [-0.1, -0.05) is 0 Å². The van der Waals surface area contributed by atoms with Crippen molar-refractivity contribution in [2.75, 3.05) is 6.61 Å². The Labute approximate surface area is 144 Å². The summed E-state index contributed by atoms with van der Waals surface area (Å²) in [5.41, 5.74) is 1.48. The van der Waals surface area contributed by atoms with Crippen molar-refractivity contribution in [3.05, 3.63) is 51.2 Å². The van der Waals surface area contributed by atoms with Crippen LogP contribution in [0.4, 0.5) is 10.5 Å². The number of hydrogen-bond donors (Lipinski definition) is 1. The number of nitrogens with zero attached hydrogens (tertiary/aromatic N) is 2. The van der Waals surface area contributed by atoms with E-state index < -0.39 is 16.9 Å². The van der Waals surface area contributed by atoms with E-state index in [1.807, 2.05) is 0 Å². The van der Waals surface area contributed by atoms with Gasteiger partial charge in [-0.25, -0.2) is 9.59 Å². The summed E-state index contributed by atoms with van der Waals surface area (Å²) < 4.78 is 5.17. The number of nitro groups is 1. The molecule has 2 aliphatic rings. The molecule has 0 radical (unpaired) electrons. The van der Waals surface area contributed by atoms with Crippen LogP contribution in [0.1, 0.15) is 38.3 Å². The second-order valence-electron chi connectivity index (χ2n) is 6.05. The molecule has 1 N–H and O–H groups in total. The number of ether oxygens (including phenoxy) is 1. The molecule has 1 aliphatic heterocycles. The molecule has 1 saturated carbocycles. The molecular formula is C17H19N3O5. The Bertz CT molecular complexity index is 752. The third-order valence-corrected chi connectivity index (χ3v) is 4.37. The number of allylic oxidation sites excluding steroid dienone is 1. The number of esters is 1. The number of rotatable bonds is 5. The van der Waals surface area contributed by atoms with Crippen molar-refractivity contribution in [2.24, 2.45) is 0 Å². The minimum Gasteiger partial charge on any atom is -0.463 e. The molecule has 1 aliphatic carbocycles. The lowest BCUT2D eigenvalue weighted by molar-refractivity contribution is -0.384. The van der Waals surface area contributed by atoms with Crippen LogP contribution in [-0.2, 0) is 9.53 Å². The van der Waals surface area contributed by atoms with E-state index in [1.165, 1.54) is 12.1 Å². The van der Waals surface area contributed by atoms with Gasteiger partial charge in [-0.2, -0.15) is 0 Å². The summed E-state index contributed by atoms with van der Waals surface area (Å²) in [6, 6.07) is 4.95. The summed E-state index contributed by atoms with van der Waals surface area (Å²) in [5.74, 6) is -0.492. The largest absolute Gasteiger partial charge is 0.463 e. The molecule has 132 valence electrons. The van der Waals surface area contributed by atoms with Crippen LogP contribution in [0, 0.1) is 10.1 Å². The first-order valence-electron chi connectivity index (χ1n) is 8.16. The van der Waals surface area contributed by atoms with Gasteiger partial charge >= 0.3 is 12.0 Å². The lowest BCUT2D eigenvalue weighted by Crippen LogP contribution is -2.48. The van der Waals surface area contributed by atoms with Crippen molar-refractivity contribution in [1.82, 2.24) is 10.2 Å². The average Bonchev–Trinajstić information content (AvgIpc) is 3.39. The molecule has 0 spiro atoms. The Morgan fingerprint density at radius 1 is 1.36 bits per heavy atom. The van der Waals surface area contributed by atoms with Gasteiger partial charge in [0.25, 0.3) is 5.69 Å². The third kappa shape index (κ3) is 3.19. The van der Waals surface area contributed by atoms with Crippen molar-refractivity contribution in [1.29, 1.82) is 0 Å². The zero-order valence-electron chi connectivity index (χ0n) is 14.0. The Morgan fingerprint density at radius 2 is 2.00 bits per heavy atom. The van der Waals surface area contributed by atoms with Gasteiger partial charge in [0.1, 0.15) is 0 Å². The number of carbonyl (C=O) groups excluding carboxylic acids is 2. The smallest absolute Gasteiger partial charge is 0.338 e. The molecule has 0 saturated heterocycles. The second-order valence-corrected chi connectivity index (χ2v) is 6.05. The van der Waals surface area contributed by atoms with Gasteiger partial charge in [0.2, 0.25) is 0 Å². The lowest BCUT2D eigenvalue weighted by Gasteiger charge is -2.35. The number of non-ortho nitro benzene ring substituents is 1. The second kappa shape index (κ2) is 6.54. The molecule has 0 aromatic heterocycles. The minimum absolute atomic E-state index is 0.0520. The van der Waals surface area contributed by atoms with Crippen LogP contribution in [0.25, 0.3) is 0 Å². The Kier molecular flexibility index (Phi) is 4.43. The van der Waals surface area contributed by atoms with Gasteiger partial charge in [-0.05, 0) is 44.4 Å². The molecule has 1 aromatic carbocycles. The number of urea groups is 1. The van der Waals surface area contributed by atoms with Crippen LogP contribution >= 0.6 is 0 Å². The Hall–Kier alpha value is -2.90. The Balaban J connectivity index is 2.02. The zero-order chi connectivity index (χ0) is 18.1. The molecule has 1 fully saturated rings. The normalized spacial score (nSPS) is 20.3. The molecule has 1 atom stereocenters. The predicted octanol–water partition coefficient (Wildman–Crippen LogP) is 2.66. The van der Waals surface area contributed by atoms with Crippen molar-refractivity contribution >= 4 is 17.7 Å². The molecule has 0 unspecified atom stereocenters. The number of amides is 2. The van der Waals surface area contributed by atoms with E-state index in [0.717, 1.165) is 12.8 Å². The van der Waals surface area contributed by atoms with Crippen LogP contribution in [0.15, 0.2) is 35.5 Å². The predicted molar refractivity (Wildman–Crippen MR) is 88.6 cm³/mol. The first kappa shape index (κ1) is 16.9. The highest BCUT2D eigenvalue weighted by molar-refractivity contribution is 5.95. The molecule has 3 rings (SSSR count). The number of benzene rings is 1. The molecule has 1 aromatic rings. The Morgan fingerprint density at radius 3 is 2.52 bits per heavy atom. The lowest BCUT2D eigenvalue weighted by atomic mass is 9.94. The van der Waals surface area contributed by atoms with Gasteiger partial charge in [-0.15, -0.1) is 0 Å². The highest BCUT2D eigenvalue weighted by atomic mass is 16.6. The maximum atomic E-state index is 12.5. The van der Waals surface area contributed by atoms with Crippen LogP contribution < -0.4 is 5.32 Å². The van der Waals surface area contributed by atoms with Gasteiger partial charge < -0.3 is 10.1 Å². The fourth-order valence-corrected chi connectivity index (χ4v) is 3.04. The van der Waals surface area contributed by atoms with Gasteiger partial charge in [0.05, 0.1) is 23.1 Å². The van der Waals surface area contributed by atoms with Gasteiger partial charge in [-0.3, -0.25) is 15.0 Å². The molecule has 1 heterocycles. The quantitative estimate of drug-likeness (QED) is 0.502. The topological polar surface area (TPSA) is 102 Å². The summed E-state index contributed by atoms with van der Waals surface area (Å²) >= 11 is 0. The maximum Gasteiger partial charge on any atom is 0.338 e. The molecule has 8 heteroatoms.